The number of hydrogen-bond donors (Lipinski definition) is 1. The van der Waals surface area contributed by atoms with E-state index in [4.69, 9.17) is 4.55 Å². The topological polar surface area (TPSA) is 80.7 Å². The molecule has 0 heterocycles. The molecule has 0 aromatic carbocycles. The zero-order chi connectivity index (χ0) is 12.1. The molecule has 0 aromatic heterocycles. The Kier molecular flexibility index (Phi) is 6.70. The molecule has 0 aliphatic rings. The van der Waals surface area contributed by atoms with Crippen molar-refractivity contribution in [2.24, 2.45) is 0 Å². The van der Waals surface area contributed by atoms with Gasteiger partial charge >= 0.3 is 108 Å². The van der Waals surface area contributed by atoms with Crippen molar-refractivity contribution in [1.82, 2.24) is 0 Å². The molecule has 5 nitrogen and oxygen atoms in total. The van der Waals surface area contributed by atoms with Crippen molar-refractivity contribution in [2.75, 3.05) is 0 Å². The summed E-state index contributed by atoms with van der Waals surface area (Å²) in [6, 6.07) is 0. The average Bonchev–Trinajstić information content (AvgIpc) is 2.09. The molecule has 7 heteroatoms. The molecule has 1 N–H and O–H groups in total. The molecule has 0 fully saturated rings. The summed E-state index contributed by atoms with van der Waals surface area (Å²) in [5, 5.41) is 0. The average molecular weight is 244 g/mol. The first-order chi connectivity index (χ1) is 6.79. The maximum absolute atomic E-state index is 11.1. The normalized spacial score (nSPS) is 13.3. The van der Waals surface area contributed by atoms with Gasteiger partial charge in [0.05, 0.1) is 0 Å². The molecule has 0 radical (unpaired) electrons. The molecule has 1 unspecified atom stereocenters. The number of esters is 1. The van der Waals surface area contributed by atoms with Gasteiger partial charge in [0.25, 0.3) is 0 Å². The van der Waals surface area contributed by atoms with Gasteiger partial charge in [-0.15, -0.1) is 0 Å². The van der Waals surface area contributed by atoms with E-state index in [2.05, 4.69) is 11.3 Å². The van der Waals surface area contributed by atoms with Crippen molar-refractivity contribution in [3.8, 4) is 0 Å². The van der Waals surface area contributed by atoms with Crippen LogP contribution in [-0.4, -0.2) is 52.3 Å². The summed E-state index contributed by atoms with van der Waals surface area (Å²) in [6.07, 6.45) is 0.738. The number of carbonyl (C=O) groups excluding carboxylic acids is 1. The second-order valence-electron chi connectivity index (χ2n) is 3.27. The molecule has 0 saturated heterocycles. The van der Waals surface area contributed by atoms with Crippen molar-refractivity contribution in [2.45, 2.75) is 28.9 Å². The second kappa shape index (κ2) is 6.65. The van der Waals surface area contributed by atoms with Gasteiger partial charge in [-0.25, -0.2) is 0 Å². The molecule has 0 aliphatic heterocycles. The summed E-state index contributed by atoms with van der Waals surface area (Å²) in [6.45, 7) is 4.74. The van der Waals surface area contributed by atoms with Crippen LogP contribution in [0.25, 0.3) is 0 Å². The Morgan fingerprint density at radius 2 is 2.13 bits per heavy atom. The predicted molar refractivity (Wildman–Crippen MR) is 56.0 cm³/mol. The van der Waals surface area contributed by atoms with Gasteiger partial charge < -0.3 is 0 Å². The third kappa shape index (κ3) is 6.32. The second-order valence-corrected chi connectivity index (χ2v) is 5.83. The maximum atomic E-state index is 11.1. The monoisotopic (exact) mass is 244 g/mol. The summed E-state index contributed by atoms with van der Waals surface area (Å²) in [5.74, 6) is -0.800. The van der Waals surface area contributed by atoms with Gasteiger partial charge in [-0.3, -0.25) is 0 Å². The zero-order valence-corrected chi connectivity index (χ0v) is 11.7. The molecule has 0 bridgehead atoms. The summed E-state index contributed by atoms with van der Waals surface area (Å²) in [7, 11) is -4.33. The van der Waals surface area contributed by atoms with Crippen LogP contribution in [-0.2, 0) is 19.6 Å². The first-order valence-corrected chi connectivity index (χ1v) is 7.53. The van der Waals surface area contributed by atoms with E-state index in [1.54, 1.807) is 0 Å². The van der Waals surface area contributed by atoms with Gasteiger partial charge in [0.15, 0.2) is 0 Å². The van der Waals surface area contributed by atoms with E-state index in [9.17, 15) is 13.2 Å². The van der Waals surface area contributed by atoms with Gasteiger partial charge in [-0.1, -0.05) is 0 Å². The van der Waals surface area contributed by atoms with Crippen LogP contribution in [0.2, 0.25) is 3.67 Å². The van der Waals surface area contributed by atoms with Crippen molar-refractivity contribution in [3.05, 3.63) is 12.2 Å². The van der Waals surface area contributed by atoms with Crippen molar-refractivity contribution in [3.63, 3.8) is 0 Å². The molecular weight excluding hydrogens is 231 g/mol. The van der Waals surface area contributed by atoms with Gasteiger partial charge in [-0.2, -0.15) is 0 Å². The van der Waals surface area contributed by atoms with Crippen LogP contribution in [0.5, 0.6) is 0 Å². The first kappa shape index (κ1) is 15.1. The summed E-state index contributed by atoms with van der Waals surface area (Å²) < 4.78 is 36.0. The minimum atomic E-state index is -4.33. The summed E-state index contributed by atoms with van der Waals surface area (Å²) >= 11 is 0.942. The Bertz CT molecular complexity index is 335. The van der Waals surface area contributed by atoms with Crippen LogP contribution in [0.1, 0.15) is 19.8 Å². The fourth-order valence-corrected chi connectivity index (χ4v) is 1.94. The first-order valence-electron chi connectivity index (χ1n) is 4.61. The fourth-order valence-electron chi connectivity index (χ4n) is 0.859. The molecule has 0 amide bonds. The van der Waals surface area contributed by atoms with Crippen molar-refractivity contribution in [1.29, 1.82) is 0 Å². The predicted octanol–water partition coefficient (Wildman–Crippen LogP) is 0.687. The van der Waals surface area contributed by atoms with E-state index in [1.165, 1.54) is 6.92 Å². The summed E-state index contributed by atoms with van der Waals surface area (Å²) in [5.41, 5.74) is -1.36. The molecule has 0 spiro atoms. The molecule has 0 aliphatic carbocycles. The fraction of sp³-hybridized carbons (Fsp3) is 0.625. The number of carbonyl (C=O) groups is 1. The van der Waals surface area contributed by atoms with Crippen LogP contribution < -0.4 is 0 Å². The van der Waals surface area contributed by atoms with E-state index >= 15 is 0 Å². The third-order valence-electron chi connectivity index (χ3n) is 1.71. The Balaban J connectivity index is 4.53. The van der Waals surface area contributed by atoms with Gasteiger partial charge in [-0.05, 0) is 0 Å². The van der Waals surface area contributed by atoms with E-state index in [0.29, 0.717) is 6.42 Å². The summed E-state index contributed by atoms with van der Waals surface area (Å²) in [4.78, 5) is 11.1. The van der Waals surface area contributed by atoms with Crippen LogP contribution in [0, 0.1) is 0 Å². The molecule has 0 aromatic rings. The minimum absolute atomic E-state index is 0.106. The Hall–Kier alpha value is 0.120. The van der Waals surface area contributed by atoms with Gasteiger partial charge in [0.1, 0.15) is 0 Å². The number of rotatable bonds is 6. The SMILES string of the molecule is C=C(C)C(=O)OC(CC[CH2][Na])S(=O)(=O)O. The molecule has 0 saturated carbocycles. The van der Waals surface area contributed by atoms with Crippen LogP contribution in [0.15, 0.2) is 12.2 Å². The zero-order valence-electron chi connectivity index (χ0n) is 8.89. The molecule has 82 valence electrons. The van der Waals surface area contributed by atoms with Crippen LogP contribution in [0.4, 0.5) is 0 Å². The Labute approximate surface area is 107 Å². The van der Waals surface area contributed by atoms with E-state index < -0.39 is 21.5 Å². The van der Waals surface area contributed by atoms with Gasteiger partial charge in [0.2, 0.25) is 0 Å². The van der Waals surface area contributed by atoms with Crippen molar-refractivity contribution < 1.29 is 22.5 Å². The van der Waals surface area contributed by atoms with Crippen molar-refractivity contribution >= 4 is 44.0 Å². The number of hydrogen-bond acceptors (Lipinski definition) is 4. The van der Waals surface area contributed by atoms with E-state index in [-0.39, 0.29) is 12.0 Å². The van der Waals surface area contributed by atoms with Gasteiger partial charge in [0, 0.05) is 0 Å². The molecule has 1 atom stereocenters. The van der Waals surface area contributed by atoms with Crippen LogP contribution in [0.3, 0.4) is 0 Å². The number of ether oxygens (including phenoxy) is 1. The Morgan fingerprint density at radius 3 is 2.47 bits per heavy atom. The van der Waals surface area contributed by atoms with E-state index in [0.717, 1.165) is 31.6 Å². The van der Waals surface area contributed by atoms with E-state index in [1.807, 2.05) is 0 Å². The molecular formula is C8H13NaO5S. The quantitative estimate of drug-likeness (QED) is 0.322. The molecule has 15 heavy (non-hydrogen) atoms. The Morgan fingerprint density at radius 1 is 1.60 bits per heavy atom. The molecule has 0 rings (SSSR count). The van der Waals surface area contributed by atoms with Crippen LogP contribution >= 0.6 is 0 Å². The third-order valence-corrected chi connectivity index (χ3v) is 3.42. The standard InChI is InChI=1S/C8H13O5S.Na/c1-4-5-7(14(10,11)12)13-8(9)6(2)3;/h7H,1-2,4-5H2,3H3,(H,10,11,12);.